The van der Waals surface area contributed by atoms with Gasteiger partial charge < -0.3 is 19.4 Å². The zero-order valence-corrected chi connectivity index (χ0v) is 13.3. The van der Waals surface area contributed by atoms with Gasteiger partial charge >= 0.3 is 5.97 Å². The van der Waals surface area contributed by atoms with E-state index in [0.717, 1.165) is 12.3 Å². The molecule has 0 aromatic carbocycles. The summed E-state index contributed by atoms with van der Waals surface area (Å²) in [5.41, 5.74) is 0.498. The second-order valence-corrected chi connectivity index (χ2v) is 5.67. The lowest BCUT2D eigenvalue weighted by molar-refractivity contribution is 0.0599. The summed E-state index contributed by atoms with van der Waals surface area (Å²) in [6, 6.07) is 2.12. The Morgan fingerprint density at radius 1 is 1.45 bits per heavy atom. The number of hydrogen-bond acceptors (Lipinski definition) is 5. The van der Waals surface area contributed by atoms with Crippen LogP contribution < -0.4 is 5.32 Å². The molecule has 0 aliphatic heterocycles. The van der Waals surface area contributed by atoms with Gasteiger partial charge in [0.25, 0.3) is 0 Å². The molecule has 1 atom stereocenters. The lowest BCUT2D eigenvalue weighted by Crippen LogP contribution is -2.41. The summed E-state index contributed by atoms with van der Waals surface area (Å²) in [6.45, 7) is 7.72. The van der Waals surface area contributed by atoms with Gasteiger partial charge in [0.1, 0.15) is 17.1 Å². The Hall–Kier alpha value is -1.33. The van der Waals surface area contributed by atoms with E-state index in [0.29, 0.717) is 29.8 Å². The van der Waals surface area contributed by atoms with Crippen LogP contribution in [0, 0.1) is 12.8 Å². The second kappa shape index (κ2) is 7.45. The average Bonchev–Trinajstić information content (AvgIpc) is 2.74. The van der Waals surface area contributed by atoms with Crippen molar-refractivity contribution < 1.29 is 13.9 Å². The Balaban J connectivity index is 2.66. The van der Waals surface area contributed by atoms with Gasteiger partial charge in [-0.05, 0) is 33.0 Å². The quantitative estimate of drug-likeness (QED) is 0.776. The van der Waals surface area contributed by atoms with Crippen molar-refractivity contribution in [3.8, 4) is 0 Å². The third-order valence-corrected chi connectivity index (χ3v) is 3.28. The van der Waals surface area contributed by atoms with Crippen LogP contribution in [0.1, 0.15) is 35.7 Å². The highest BCUT2D eigenvalue weighted by molar-refractivity contribution is 5.90. The molecule has 0 saturated carbocycles. The van der Waals surface area contributed by atoms with Crippen molar-refractivity contribution in [1.82, 2.24) is 10.2 Å². The summed E-state index contributed by atoms with van der Waals surface area (Å²) < 4.78 is 10.3. The number of methoxy groups -OCH3 is 1. The number of hydrogen-bond donors (Lipinski definition) is 1. The molecular formula is C15H26N2O3. The number of carbonyl (C=O) groups excluding carboxylic acids is 1. The Morgan fingerprint density at radius 3 is 2.60 bits per heavy atom. The maximum Gasteiger partial charge on any atom is 0.341 e. The molecule has 114 valence electrons. The fourth-order valence-electron chi connectivity index (χ4n) is 2.08. The molecule has 0 bridgehead atoms. The Kier molecular flexibility index (Phi) is 6.23. The van der Waals surface area contributed by atoms with Gasteiger partial charge in [0.2, 0.25) is 0 Å². The molecule has 1 rings (SSSR count). The maximum atomic E-state index is 11.5. The first-order valence-corrected chi connectivity index (χ1v) is 6.90. The first-order chi connectivity index (χ1) is 9.35. The molecule has 0 saturated heterocycles. The lowest BCUT2D eigenvalue weighted by atomic mass is 10.0. The molecule has 5 nitrogen and oxygen atoms in total. The zero-order chi connectivity index (χ0) is 15.3. The Labute approximate surface area is 121 Å². The SMILES string of the molecule is COC(=O)c1cc(CNC(CN(C)C)C(C)C)oc1C. The molecule has 0 aliphatic rings. The minimum atomic E-state index is -0.355. The lowest BCUT2D eigenvalue weighted by Gasteiger charge is -2.25. The molecule has 0 aliphatic carbocycles. The van der Waals surface area contributed by atoms with Crippen LogP contribution in [0.15, 0.2) is 10.5 Å². The van der Waals surface area contributed by atoms with E-state index >= 15 is 0 Å². The summed E-state index contributed by atoms with van der Waals surface area (Å²) in [5.74, 6) is 1.52. The number of esters is 1. The standard InChI is InChI=1S/C15H26N2O3/c1-10(2)14(9-17(4)5)16-8-12-7-13(11(3)20-12)15(18)19-6/h7,10,14,16H,8-9H2,1-6H3. The molecule has 20 heavy (non-hydrogen) atoms. The molecule has 0 fully saturated rings. The molecule has 1 heterocycles. The van der Waals surface area contributed by atoms with E-state index in [1.165, 1.54) is 7.11 Å². The summed E-state index contributed by atoms with van der Waals surface area (Å²) in [7, 11) is 5.49. The number of carbonyl (C=O) groups is 1. The van der Waals surface area contributed by atoms with Crippen LogP contribution in [-0.2, 0) is 11.3 Å². The zero-order valence-electron chi connectivity index (χ0n) is 13.3. The predicted octanol–water partition coefficient (Wildman–Crippen LogP) is 2.05. The summed E-state index contributed by atoms with van der Waals surface area (Å²) >= 11 is 0. The van der Waals surface area contributed by atoms with Crippen LogP contribution in [0.4, 0.5) is 0 Å². The second-order valence-electron chi connectivity index (χ2n) is 5.67. The van der Waals surface area contributed by atoms with E-state index in [1.807, 2.05) is 0 Å². The number of aryl methyl sites for hydroxylation is 1. The van der Waals surface area contributed by atoms with E-state index in [4.69, 9.17) is 9.15 Å². The average molecular weight is 282 g/mol. The first-order valence-electron chi connectivity index (χ1n) is 6.90. The summed E-state index contributed by atoms with van der Waals surface area (Å²) in [6.07, 6.45) is 0. The van der Waals surface area contributed by atoms with Gasteiger partial charge in [-0.15, -0.1) is 0 Å². The molecule has 1 N–H and O–H groups in total. The van der Waals surface area contributed by atoms with E-state index in [2.05, 4.69) is 38.2 Å². The van der Waals surface area contributed by atoms with E-state index in [-0.39, 0.29) is 5.97 Å². The number of nitrogens with one attached hydrogen (secondary N) is 1. The highest BCUT2D eigenvalue weighted by atomic mass is 16.5. The highest BCUT2D eigenvalue weighted by Crippen LogP contribution is 2.16. The molecular weight excluding hydrogens is 256 g/mol. The smallest absolute Gasteiger partial charge is 0.341 e. The van der Waals surface area contributed by atoms with Crippen LogP contribution in [-0.4, -0.2) is 44.7 Å². The molecule has 0 radical (unpaired) electrons. The van der Waals surface area contributed by atoms with Crippen molar-refractivity contribution in [3.05, 3.63) is 23.2 Å². The molecule has 5 heteroatoms. The van der Waals surface area contributed by atoms with Crippen molar-refractivity contribution in [1.29, 1.82) is 0 Å². The van der Waals surface area contributed by atoms with Gasteiger partial charge in [0, 0.05) is 12.6 Å². The van der Waals surface area contributed by atoms with Gasteiger partial charge in [-0.25, -0.2) is 4.79 Å². The van der Waals surface area contributed by atoms with Gasteiger partial charge in [-0.3, -0.25) is 0 Å². The number of rotatable bonds is 7. The molecule has 0 amide bonds. The molecule has 1 aromatic heterocycles. The number of likely N-dealkylation sites (N-methyl/N-ethyl adjacent to an activating group) is 1. The minimum absolute atomic E-state index is 0.355. The van der Waals surface area contributed by atoms with Crippen molar-refractivity contribution in [2.45, 2.75) is 33.4 Å². The van der Waals surface area contributed by atoms with E-state index < -0.39 is 0 Å². The maximum absolute atomic E-state index is 11.5. The number of ether oxygens (including phenoxy) is 1. The number of furan rings is 1. The van der Waals surface area contributed by atoms with Crippen LogP contribution in [0.3, 0.4) is 0 Å². The fourth-order valence-corrected chi connectivity index (χ4v) is 2.08. The van der Waals surface area contributed by atoms with Crippen molar-refractivity contribution >= 4 is 5.97 Å². The topological polar surface area (TPSA) is 54.7 Å². The summed E-state index contributed by atoms with van der Waals surface area (Å²) in [5, 5.41) is 3.48. The van der Waals surface area contributed by atoms with Gasteiger partial charge in [-0.1, -0.05) is 13.8 Å². The van der Waals surface area contributed by atoms with Crippen LogP contribution >= 0.6 is 0 Å². The third kappa shape index (κ3) is 4.65. The van der Waals surface area contributed by atoms with Gasteiger partial charge in [0.05, 0.1) is 13.7 Å². The highest BCUT2D eigenvalue weighted by Gasteiger charge is 2.18. The molecule has 1 unspecified atom stereocenters. The Bertz CT molecular complexity index is 438. The molecule has 0 spiro atoms. The first kappa shape index (κ1) is 16.7. The van der Waals surface area contributed by atoms with Crippen molar-refractivity contribution in [3.63, 3.8) is 0 Å². The minimum Gasteiger partial charge on any atom is -0.465 e. The monoisotopic (exact) mass is 282 g/mol. The van der Waals surface area contributed by atoms with E-state index in [1.54, 1.807) is 13.0 Å². The van der Waals surface area contributed by atoms with Crippen molar-refractivity contribution in [2.24, 2.45) is 5.92 Å². The van der Waals surface area contributed by atoms with Crippen LogP contribution in [0.5, 0.6) is 0 Å². The third-order valence-electron chi connectivity index (χ3n) is 3.28. The predicted molar refractivity (Wildman–Crippen MR) is 78.8 cm³/mol. The largest absolute Gasteiger partial charge is 0.465 e. The Morgan fingerprint density at radius 2 is 2.10 bits per heavy atom. The van der Waals surface area contributed by atoms with Crippen LogP contribution in [0.25, 0.3) is 0 Å². The van der Waals surface area contributed by atoms with Crippen LogP contribution in [0.2, 0.25) is 0 Å². The van der Waals surface area contributed by atoms with Crippen molar-refractivity contribution in [2.75, 3.05) is 27.7 Å². The normalized spacial score (nSPS) is 13.0. The van der Waals surface area contributed by atoms with E-state index in [9.17, 15) is 4.79 Å². The fraction of sp³-hybridized carbons (Fsp3) is 0.667. The molecule has 1 aromatic rings. The van der Waals surface area contributed by atoms with Gasteiger partial charge in [0.15, 0.2) is 0 Å². The number of nitrogens with zero attached hydrogens (tertiary/aromatic N) is 1. The van der Waals surface area contributed by atoms with Gasteiger partial charge in [-0.2, -0.15) is 0 Å². The summed E-state index contributed by atoms with van der Waals surface area (Å²) in [4.78, 5) is 13.7.